The highest BCUT2D eigenvalue weighted by Gasteiger charge is 1.81. The molecule has 0 aliphatic heterocycles. The standard InChI is InChI=1S/C5H5N.C4H8O2.C4H10O/c1-2-4-6-5-3-1;1-3-6-4(2)5;1-2-3-4-5/h1-5H;3H2,1-2H3;5H,2-4H2,1H3. The van der Waals surface area contributed by atoms with Crippen molar-refractivity contribution in [3.05, 3.63) is 30.6 Å². The van der Waals surface area contributed by atoms with Crippen LogP contribution in [0.5, 0.6) is 0 Å². The van der Waals surface area contributed by atoms with E-state index in [4.69, 9.17) is 5.11 Å². The molecule has 0 aliphatic rings. The molecule has 0 saturated carbocycles. The minimum atomic E-state index is -0.211. The number of unbranched alkanes of at least 4 members (excludes halogenated alkanes) is 1. The van der Waals surface area contributed by atoms with Crippen molar-refractivity contribution in [3.63, 3.8) is 0 Å². The van der Waals surface area contributed by atoms with Crippen LogP contribution in [0.4, 0.5) is 0 Å². The summed E-state index contributed by atoms with van der Waals surface area (Å²) in [6.45, 7) is 6.05. The molecule has 0 unspecified atom stereocenters. The maximum absolute atomic E-state index is 9.82. The van der Waals surface area contributed by atoms with E-state index in [2.05, 4.69) is 16.6 Å². The van der Waals surface area contributed by atoms with Gasteiger partial charge in [-0.3, -0.25) is 9.78 Å². The molecular formula is C13H23NO3. The van der Waals surface area contributed by atoms with E-state index in [0.29, 0.717) is 13.2 Å². The molecule has 1 aromatic heterocycles. The first-order valence-corrected chi connectivity index (χ1v) is 5.78. The molecule has 1 N–H and O–H groups in total. The van der Waals surface area contributed by atoms with Crippen LogP contribution in [-0.2, 0) is 9.53 Å². The summed E-state index contributed by atoms with van der Waals surface area (Å²) in [6.07, 6.45) is 5.54. The van der Waals surface area contributed by atoms with Crippen molar-refractivity contribution in [1.82, 2.24) is 4.98 Å². The number of pyridine rings is 1. The quantitative estimate of drug-likeness (QED) is 0.826. The number of carbonyl (C=O) groups excluding carboxylic acids is 1. The Morgan fingerprint density at radius 2 is 1.82 bits per heavy atom. The van der Waals surface area contributed by atoms with Gasteiger partial charge in [-0.25, -0.2) is 0 Å². The molecular weight excluding hydrogens is 218 g/mol. The molecule has 4 nitrogen and oxygen atoms in total. The molecule has 4 heteroatoms. The van der Waals surface area contributed by atoms with Crippen LogP contribution in [0.3, 0.4) is 0 Å². The van der Waals surface area contributed by atoms with Gasteiger partial charge in [-0.2, -0.15) is 0 Å². The SMILES string of the molecule is CCCCO.CCOC(C)=O.c1ccncc1. The Morgan fingerprint density at radius 1 is 1.24 bits per heavy atom. The van der Waals surface area contributed by atoms with Crippen LogP contribution in [0.2, 0.25) is 0 Å². The van der Waals surface area contributed by atoms with Crippen LogP contribution in [0, 0.1) is 0 Å². The van der Waals surface area contributed by atoms with Gasteiger partial charge in [-0.05, 0) is 25.5 Å². The summed E-state index contributed by atoms with van der Waals surface area (Å²) in [6, 6.07) is 5.72. The van der Waals surface area contributed by atoms with E-state index in [1.165, 1.54) is 6.92 Å². The third-order valence-electron chi connectivity index (χ3n) is 1.43. The lowest BCUT2D eigenvalue weighted by Gasteiger charge is -1.89. The summed E-state index contributed by atoms with van der Waals surface area (Å²) in [5.74, 6) is -0.211. The number of hydrogen-bond donors (Lipinski definition) is 1. The lowest BCUT2D eigenvalue weighted by atomic mass is 10.4. The summed E-state index contributed by atoms with van der Waals surface area (Å²) >= 11 is 0. The molecule has 0 bridgehead atoms. The molecule has 0 atom stereocenters. The minimum Gasteiger partial charge on any atom is -0.466 e. The van der Waals surface area contributed by atoms with E-state index < -0.39 is 0 Å². The number of aromatic nitrogens is 1. The van der Waals surface area contributed by atoms with Gasteiger partial charge in [0.1, 0.15) is 0 Å². The highest BCUT2D eigenvalue weighted by molar-refractivity contribution is 5.65. The fraction of sp³-hybridized carbons (Fsp3) is 0.538. The molecule has 0 spiro atoms. The number of rotatable bonds is 3. The Balaban J connectivity index is 0. The average Bonchev–Trinajstić information content (AvgIpc) is 2.34. The summed E-state index contributed by atoms with van der Waals surface area (Å²) in [5, 5.41) is 8.07. The number of aliphatic hydroxyl groups is 1. The van der Waals surface area contributed by atoms with Gasteiger partial charge in [0.2, 0.25) is 0 Å². The minimum absolute atomic E-state index is 0.211. The zero-order valence-corrected chi connectivity index (χ0v) is 10.9. The summed E-state index contributed by atoms with van der Waals surface area (Å²) < 4.78 is 4.40. The van der Waals surface area contributed by atoms with E-state index in [1.54, 1.807) is 19.3 Å². The van der Waals surface area contributed by atoms with Crippen molar-refractivity contribution < 1.29 is 14.6 Å². The second-order valence-corrected chi connectivity index (χ2v) is 3.03. The third-order valence-corrected chi connectivity index (χ3v) is 1.43. The summed E-state index contributed by atoms with van der Waals surface area (Å²) in [5.41, 5.74) is 0. The van der Waals surface area contributed by atoms with Crippen molar-refractivity contribution in [3.8, 4) is 0 Å². The van der Waals surface area contributed by atoms with Gasteiger partial charge < -0.3 is 9.84 Å². The molecule has 1 rings (SSSR count). The zero-order chi connectivity index (χ0) is 13.4. The van der Waals surface area contributed by atoms with Crippen molar-refractivity contribution in [2.24, 2.45) is 0 Å². The predicted molar refractivity (Wildman–Crippen MR) is 68.5 cm³/mol. The first-order valence-electron chi connectivity index (χ1n) is 5.78. The van der Waals surface area contributed by atoms with Gasteiger partial charge in [0.25, 0.3) is 0 Å². The van der Waals surface area contributed by atoms with E-state index >= 15 is 0 Å². The molecule has 0 radical (unpaired) electrons. The Morgan fingerprint density at radius 3 is 1.88 bits per heavy atom. The number of esters is 1. The van der Waals surface area contributed by atoms with E-state index in [9.17, 15) is 4.79 Å². The van der Waals surface area contributed by atoms with Crippen molar-refractivity contribution in [2.45, 2.75) is 33.6 Å². The van der Waals surface area contributed by atoms with E-state index in [0.717, 1.165) is 12.8 Å². The summed E-state index contributed by atoms with van der Waals surface area (Å²) in [4.78, 5) is 13.6. The largest absolute Gasteiger partial charge is 0.466 e. The van der Waals surface area contributed by atoms with E-state index in [-0.39, 0.29) is 5.97 Å². The molecule has 0 amide bonds. The first kappa shape index (κ1) is 18.0. The lowest BCUT2D eigenvalue weighted by molar-refractivity contribution is -0.140. The van der Waals surface area contributed by atoms with Crippen LogP contribution in [0.1, 0.15) is 33.6 Å². The van der Waals surface area contributed by atoms with Crippen molar-refractivity contribution in [1.29, 1.82) is 0 Å². The topological polar surface area (TPSA) is 59.4 Å². The van der Waals surface area contributed by atoms with Gasteiger partial charge in [0.05, 0.1) is 6.61 Å². The van der Waals surface area contributed by atoms with Crippen molar-refractivity contribution in [2.75, 3.05) is 13.2 Å². The van der Waals surface area contributed by atoms with Crippen LogP contribution in [0.15, 0.2) is 30.6 Å². The van der Waals surface area contributed by atoms with Gasteiger partial charge >= 0.3 is 5.97 Å². The molecule has 1 aromatic rings. The molecule has 0 fully saturated rings. The molecule has 17 heavy (non-hydrogen) atoms. The molecule has 98 valence electrons. The van der Waals surface area contributed by atoms with Crippen LogP contribution >= 0.6 is 0 Å². The molecule has 0 saturated heterocycles. The molecule has 1 heterocycles. The fourth-order valence-electron chi connectivity index (χ4n) is 0.674. The molecule has 0 aromatic carbocycles. The average molecular weight is 241 g/mol. The number of nitrogens with zero attached hydrogens (tertiary/aromatic N) is 1. The Labute approximate surface area is 104 Å². The summed E-state index contributed by atoms with van der Waals surface area (Å²) in [7, 11) is 0. The van der Waals surface area contributed by atoms with Gasteiger partial charge in [-0.1, -0.05) is 19.4 Å². The molecule has 0 aliphatic carbocycles. The Bertz CT molecular complexity index is 211. The Kier molecular flexibility index (Phi) is 17.9. The second kappa shape index (κ2) is 17.0. The predicted octanol–water partition coefficient (Wildman–Crippen LogP) is 2.43. The third kappa shape index (κ3) is 25.1. The fourth-order valence-corrected chi connectivity index (χ4v) is 0.674. The van der Waals surface area contributed by atoms with Crippen LogP contribution < -0.4 is 0 Å². The van der Waals surface area contributed by atoms with Crippen LogP contribution in [-0.4, -0.2) is 29.3 Å². The highest BCUT2D eigenvalue weighted by atomic mass is 16.5. The highest BCUT2D eigenvalue weighted by Crippen LogP contribution is 1.78. The van der Waals surface area contributed by atoms with E-state index in [1.807, 2.05) is 18.2 Å². The monoisotopic (exact) mass is 241 g/mol. The Hall–Kier alpha value is -1.42. The van der Waals surface area contributed by atoms with Crippen LogP contribution in [0.25, 0.3) is 0 Å². The van der Waals surface area contributed by atoms with Gasteiger partial charge in [0, 0.05) is 25.9 Å². The zero-order valence-electron chi connectivity index (χ0n) is 10.9. The first-order chi connectivity index (χ1) is 8.18. The van der Waals surface area contributed by atoms with Crippen molar-refractivity contribution >= 4 is 5.97 Å². The number of aliphatic hydroxyl groups excluding tert-OH is 1. The maximum atomic E-state index is 9.82. The van der Waals surface area contributed by atoms with Gasteiger partial charge in [0.15, 0.2) is 0 Å². The number of ether oxygens (including phenoxy) is 1. The smallest absolute Gasteiger partial charge is 0.302 e. The maximum Gasteiger partial charge on any atom is 0.302 e. The number of carbonyl (C=O) groups is 1. The number of hydrogen-bond acceptors (Lipinski definition) is 4. The van der Waals surface area contributed by atoms with Gasteiger partial charge in [-0.15, -0.1) is 0 Å². The lowest BCUT2D eigenvalue weighted by Crippen LogP contribution is -1.95. The second-order valence-electron chi connectivity index (χ2n) is 3.03. The normalized spacial score (nSPS) is 8.00.